The van der Waals surface area contributed by atoms with Gasteiger partial charge in [-0.2, -0.15) is 0 Å². The van der Waals surface area contributed by atoms with Crippen LogP contribution in [0.5, 0.6) is 0 Å². The number of nitrogens with one attached hydrogen (secondary N) is 1. The molecule has 0 bridgehead atoms. The zero-order valence-electron chi connectivity index (χ0n) is 9.43. The van der Waals surface area contributed by atoms with Crippen molar-refractivity contribution >= 4 is 33.5 Å². The first-order chi connectivity index (χ1) is 8.06. The van der Waals surface area contributed by atoms with Gasteiger partial charge in [-0.1, -0.05) is 11.6 Å². The fraction of sp³-hybridized carbons (Fsp3) is 0.154. The van der Waals surface area contributed by atoms with E-state index in [-0.39, 0.29) is 5.43 Å². The Balaban J connectivity index is 2.72. The molecule has 0 spiro atoms. The van der Waals surface area contributed by atoms with E-state index in [0.29, 0.717) is 16.4 Å². The van der Waals surface area contributed by atoms with E-state index in [1.807, 2.05) is 13.0 Å². The molecule has 3 nitrogen and oxygen atoms in total. The van der Waals surface area contributed by atoms with Crippen LogP contribution in [0, 0.1) is 13.8 Å². The molecule has 1 N–H and O–H groups in total. The average Bonchev–Trinajstić information content (AvgIpc) is 2.24. The number of aromatic nitrogens is 1. The molecule has 1 aromatic carbocycles. The Morgan fingerprint density at radius 3 is 2.76 bits per heavy atom. The summed E-state index contributed by atoms with van der Waals surface area (Å²) in [5.74, 6) is 0.605. The first kappa shape index (κ1) is 10.4. The summed E-state index contributed by atoms with van der Waals surface area (Å²) in [6.07, 6.45) is 0. The van der Waals surface area contributed by atoms with Gasteiger partial charge in [-0.05, 0) is 31.4 Å². The third kappa shape index (κ3) is 1.46. The lowest BCUT2D eigenvalue weighted by Gasteiger charge is -2.09. The number of rotatable bonds is 0. The fourth-order valence-electron chi connectivity index (χ4n) is 2.15. The highest BCUT2D eigenvalue weighted by Gasteiger charge is 2.12. The average molecular weight is 248 g/mol. The lowest BCUT2D eigenvalue weighted by atomic mass is 10.1. The van der Waals surface area contributed by atoms with Gasteiger partial charge in [0.2, 0.25) is 0 Å². The number of H-pyrrole nitrogens is 1. The van der Waals surface area contributed by atoms with E-state index in [9.17, 15) is 4.79 Å². The number of aromatic amines is 1. The molecule has 2 aromatic heterocycles. The number of benzene rings is 1. The van der Waals surface area contributed by atoms with Gasteiger partial charge in [0.15, 0.2) is 5.43 Å². The van der Waals surface area contributed by atoms with Crippen LogP contribution in [0.4, 0.5) is 0 Å². The Bertz CT molecular complexity index is 777. The summed E-state index contributed by atoms with van der Waals surface area (Å²) in [6.45, 7) is 3.72. The highest BCUT2D eigenvalue weighted by atomic mass is 35.5. The van der Waals surface area contributed by atoms with Crippen LogP contribution in [0.1, 0.15) is 11.5 Å². The molecule has 17 heavy (non-hydrogen) atoms. The van der Waals surface area contributed by atoms with Gasteiger partial charge >= 0.3 is 0 Å². The normalized spacial score (nSPS) is 11.5. The van der Waals surface area contributed by atoms with Crippen molar-refractivity contribution in [2.45, 2.75) is 13.8 Å². The van der Waals surface area contributed by atoms with Crippen molar-refractivity contribution in [1.29, 1.82) is 0 Å². The monoisotopic (exact) mass is 247 g/mol. The second-order valence-corrected chi connectivity index (χ2v) is 4.56. The van der Waals surface area contributed by atoms with Gasteiger partial charge in [0.05, 0.1) is 5.52 Å². The van der Waals surface area contributed by atoms with Crippen molar-refractivity contribution < 1.29 is 4.42 Å². The smallest absolute Gasteiger partial charge is 0.182 e. The molecule has 2 heterocycles. The van der Waals surface area contributed by atoms with Crippen molar-refractivity contribution in [2.24, 2.45) is 0 Å². The van der Waals surface area contributed by atoms with Crippen LogP contribution in [0.3, 0.4) is 0 Å². The number of hydrogen-bond donors (Lipinski definition) is 1. The molecule has 0 aliphatic rings. The molecule has 0 saturated carbocycles. The van der Waals surface area contributed by atoms with E-state index in [1.165, 1.54) is 6.07 Å². The SMILES string of the molecule is Cc1cc2cc(=O)cc3oc(C)c(Cl)c([nH]1)c23. The molecule has 0 aliphatic heterocycles. The van der Waals surface area contributed by atoms with Crippen LogP contribution in [0.15, 0.2) is 27.4 Å². The maximum Gasteiger partial charge on any atom is 0.182 e. The molecule has 3 aromatic rings. The Labute approximate surface area is 102 Å². The van der Waals surface area contributed by atoms with Gasteiger partial charge in [0.25, 0.3) is 0 Å². The van der Waals surface area contributed by atoms with E-state index in [4.69, 9.17) is 16.0 Å². The summed E-state index contributed by atoms with van der Waals surface area (Å²) >= 11 is 6.22. The predicted molar refractivity (Wildman–Crippen MR) is 68.8 cm³/mol. The maximum absolute atomic E-state index is 11.6. The first-order valence-electron chi connectivity index (χ1n) is 5.28. The topological polar surface area (TPSA) is 46.0 Å². The predicted octanol–water partition coefficient (Wildman–Crippen LogP) is 3.54. The third-order valence-corrected chi connectivity index (χ3v) is 3.30. The minimum absolute atomic E-state index is 0.0603. The van der Waals surface area contributed by atoms with Crippen molar-refractivity contribution in [2.75, 3.05) is 0 Å². The summed E-state index contributed by atoms with van der Waals surface area (Å²) in [4.78, 5) is 14.8. The second kappa shape index (κ2) is 3.37. The van der Waals surface area contributed by atoms with E-state index in [1.54, 1.807) is 13.0 Å². The van der Waals surface area contributed by atoms with Gasteiger partial charge in [0, 0.05) is 17.1 Å². The lowest BCUT2D eigenvalue weighted by molar-refractivity contribution is 0.567. The molecule has 0 aliphatic carbocycles. The van der Waals surface area contributed by atoms with Crippen molar-refractivity contribution in [3.05, 3.63) is 44.9 Å². The highest BCUT2D eigenvalue weighted by Crippen LogP contribution is 2.32. The minimum Gasteiger partial charge on any atom is -0.460 e. The molecule has 4 heteroatoms. The van der Waals surface area contributed by atoms with Gasteiger partial charge < -0.3 is 9.40 Å². The summed E-state index contributed by atoms with van der Waals surface area (Å²) in [6, 6.07) is 5.00. The van der Waals surface area contributed by atoms with Gasteiger partial charge in [0.1, 0.15) is 16.4 Å². The van der Waals surface area contributed by atoms with Crippen LogP contribution in [0.25, 0.3) is 21.9 Å². The zero-order chi connectivity index (χ0) is 12.2. The quantitative estimate of drug-likeness (QED) is 0.660. The number of hydrogen-bond acceptors (Lipinski definition) is 2. The second-order valence-electron chi connectivity index (χ2n) is 4.19. The van der Waals surface area contributed by atoms with Crippen molar-refractivity contribution in [3.8, 4) is 0 Å². The van der Waals surface area contributed by atoms with E-state index in [0.717, 1.165) is 22.0 Å². The van der Waals surface area contributed by atoms with Gasteiger partial charge in [-0.25, -0.2) is 0 Å². The van der Waals surface area contributed by atoms with Crippen LogP contribution in [-0.4, -0.2) is 4.98 Å². The van der Waals surface area contributed by atoms with Crippen molar-refractivity contribution in [3.63, 3.8) is 0 Å². The minimum atomic E-state index is -0.0603. The molecule has 0 radical (unpaired) electrons. The molecule has 0 fully saturated rings. The Hall–Kier alpha value is -1.74. The van der Waals surface area contributed by atoms with Crippen LogP contribution in [-0.2, 0) is 0 Å². The number of pyridine rings is 1. The Morgan fingerprint density at radius 2 is 2.00 bits per heavy atom. The van der Waals surface area contributed by atoms with Crippen LogP contribution in [0.2, 0.25) is 5.02 Å². The molecular weight excluding hydrogens is 238 g/mol. The maximum atomic E-state index is 11.6. The number of aryl methyl sites for hydroxylation is 2. The summed E-state index contributed by atoms with van der Waals surface area (Å²) in [5, 5.41) is 2.28. The van der Waals surface area contributed by atoms with E-state index < -0.39 is 0 Å². The molecule has 0 amide bonds. The van der Waals surface area contributed by atoms with Crippen molar-refractivity contribution in [1.82, 2.24) is 4.98 Å². The molecule has 3 rings (SSSR count). The lowest BCUT2D eigenvalue weighted by Crippen LogP contribution is -1.99. The number of halogens is 1. The highest BCUT2D eigenvalue weighted by molar-refractivity contribution is 6.36. The zero-order valence-corrected chi connectivity index (χ0v) is 10.2. The van der Waals surface area contributed by atoms with Gasteiger partial charge in [-0.3, -0.25) is 4.79 Å². The summed E-state index contributed by atoms with van der Waals surface area (Å²) in [5.41, 5.74) is 2.29. The van der Waals surface area contributed by atoms with Crippen LogP contribution >= 0.6 is 11.6 Å². The first-order valence-corrected chi connectivity index (χ1v) is 5.66. The van der Waals surface area contributed by atoms with E-state index >= 15 is 0 Å². The van der Waals surface area contributed by atoms with Crippen LogP contribution < -0.4 is 5.43 Å². The summed E-state index contributed by atoms with van der Waals surface area (Å²) < 4.78 is 5.56. The Morgan fingerprint density at radius 1 is 1.24 bits per heavy atom. The molecule has 86 valence electrons. The molecule has 0 unspecified atom stereocenters. The fourth-order valence-corrected chi connectivity index (χ4v) is 2.33. The third-order valence-electron chi connectivity index (χ3n) is 2.84. The summed E-state index contributed by atoms with van der Waals surface area (Å²) in [7, 11) is 0. The molecule has 0 atom stereocenters. The molecule has 0 saturated heterocycles. The standard InChI is InChI=1S/C13H10ClNO2/c1-6-3-8-4-9(16)5-10-11(8)13(15-6)12(14)7(2)17-10/h3-5,15H,1-2H3. The largest absolute Gasteiger partial charge is 0.460 e. The Kier molecular flexibility index (Phi) is 2.07. The molecular formula is C13H10ClNO2. The van der Waals surface area contributed by atoms with E-state index in [2.05, 4.69) is 4.98 Å². The van der Waals surface area contributed by atoms with Gasteiger partial charge in [-0.15, -0.1) is 0 Å².